The molecule has 0 fully saturated rings. The van der Waals surface area contributed by atoms with Crippen molar-refractivity contribution in [3.05, 3.63) is 35.1 Å². The molecule has 0 aliphatic rings. The van der Waals surface area contributed by atoms with Crippen LogP contribution in [0.5, 0.6) is 0 Å². The van der Waals surface area contributed by atoms with E-state index in [0.717, 1.165) is 17.7 Å². The number of rotatable bonds is 2. The Labute approximate surface area is 77.5 Å². The van der Waals surface area contributed by atoms with E-state index in [0.29, 0.717) is 0 Å². The Bertz CT molecular complexity index is 272. The van der Waals surface area contributed by atoms with E-state index in [1.807, 2.05) is 32.0 Å². The van der Waals surface area contributed by atoms with Crippen molar-refractivity contribution in [2.75, 3.05) is 14.1 Å². The van der Waals surface area contributed by atoms with Crippen LogP contribution in [0.2, 0.25) is 0 Å². The summed E-state index contributed by atoms with van der Waals surface area (Å²) in [5.41, 5.74) is 2.20. The number of hydrogen-bond acceptors (Lipinski definition) is 1. The molecule has 0 aliphatic carbocycles. The van der Waals surface area contributed by atoms with E-state index in [1.54, 1.807) is 6.07 Å². The summed E-state index contributed by atoms with van der Waals surface area (Å²) in [6.07, 6.45) is 0. The van der Waals surface area contributed by atoms with Gasteiger partial charge in [-0.05, 0) is 44.3 Å². The largest absolute Gasteiger partial charge is 0.305 e. The van der Waals surface area contributed by atoms with Crippen LogP contribution in [0.15, 0.2) is 18.2 Å². The summed E-state index contributed by atoms with van der Waals surface area (Å²) in [6.45, 7) is 2.79. The SMILES string of the molecule is Cc1ccc(F)cc1CN(C)C.F. The Morgan fingerprint density at radius 1 is 1.31 bits per heavy atom. The summed E-state index contributed by atoms with van der Waals surface area (Å²) < 4.78 is 12.8. The zero-order chi connectivity index (χ0) is 9.14. The van der Waals surface area contributed by atoms with Gasteiger partial charge in [0.2, 0.25) is 0 Å². The van der Waals surface area contributed by atoms with Gasteiger partial charge in [-0.15, -0.1) is 0 Å². The lowest BCUT2D eigenvalue weighted by atomic mass is 10.1. The third-order valence-corrected chi connectivity index (χ3v) is 1.80. The van der Waals surface area contributed by atoms with Crippen LogP contribution < -0.4 is 0 Å². The molecule has 0 aliphatic heterocycles. The Kier molecular flexibility index (Phi) is 4.56. The minimum atomic E-state index is -0.155. The van der Waals surface area contributed by atoms with Crippen LogP contribution in [0.1, 0.15) is 11.1 Å². The highest BCUT2D eigenvalue weighted by molar-refractivity contribution is 5.26. The number of halogens is 2. The molecule has 0 bridgehead atoms. The lowest BCUT2D eigenvalue weighted by Crippen LogP contribution is -2.11. The van der Waals surface area contributed by atoms with E-state index in [1.165, 1.54) is 6.07 Å². The van der Waals surface area contributed by atoms with E-state index >= 15 is 0 Å². The molecule has 0 spiro atoms. The maximum absolute atomic E-state index is 12.8. The quantitative estimate of drug-likeness (QED) is 0.687. The van der Waals surface area contributed by atoms with Crippen LogP contribution in [0.3, 0.4) is 0 Å². The molecule has 0 atom stereocenters. The second-order valence-corrected chi connectivity index (χ2v) is 3.31. The highest BCUT2D eigenvalue weighted by Crippen LogP contribution is 2.11. The van der Waals surface area contributed by atoms with E-state index in [2.05, 4.69) is 0 Å². The third kappa shape index (κ3) is 3.51. The molecule has 0 aromatic heterocycles. The van der Waals surface area contributed by atoms with Gasteiger partial charge in [-0.3, -0.25) is 4.70 Å². The van der Waals surface area contributed by atoms with Gasteiger partial charge in [0.1, 0.15) is 5.82 Å². The molecule has 1 aromatic carbocycles. The summed E-state index contributed by atoms with van der Waals surface area (Å²) in [6, 6.07) is 4.90. The van der Waals surface area contributed by atoms with Gasteiger partial charge < -0.3 is 4.90 Å². The lowest BCUT2D eigenvalue weighted by Gasteiger charge is -2.11. The van der Waals surface area contributed by atoms with E-state index in [9.17, 15) is 4.39 Å². The Hall–Kier alpha value is -0.960. The van der Waals surface area contributed by atoms with Gasteiger partial charge in [0.15, 0.2) is 0 Å². The summed E-state index contributed by atoms with van der Waals surface area (Å²) in [4.78, 5) is 2.03. The zero-order valence-corrected chi connectivity index (χ0v) is 8.17. The van der Waals surface area contributed by atoms with Crippen LogP contribution in [-0.4, -0.2) is 19.0 Å². The fraction of sp³-hybridized carbons (Fsp3) is 0.400. The van der Waals surface area contributed by atoms with Crippen LogP contribution in [0, 0.1) is 12.7 Å². The van der Waals surface area contributed by atoms with Crippen molar-refractivity contribution >= 4 is 0 Å². The number of aryl methyl sites for hydroxylation is 1. The minimum absolute atomic E-state index is 0. The standard InChI is InChI=1S/C10H14FN.FH/c1-8-4-5-10(11)6-9(8)7-12(2)3;/h4-6H,7H2,1-3H3;1H. The van der Waals surface area contributed by atoms with Crippen LogP contribution >= 0.6 is 0 Å². The molecular weight excluding hydrogens is 172 g/mol. The van der Waals surface area contributed by atoms with Crippen molar-refractivity contribution in [1.82, 2.24) is 4.90 Å². The first-order valence-electron chi connectivity index (χ1n) is 3.99. The topological polar surface area (TPSA) is 3.24 Å². The Morgan fingerprint density at radius 3 is 2.46 bits per heavy atom. The molecule has 0 unspecified atom stereocenters. The monoisotopic (exact) mass is 187 g/mol. The minimum Gasteiger partial charge on any atom is -0.305 e. The number of nitrogens with zero attached hydrogens (tertiary/aromatic N) is 1. The predicted molar refractivity (Wildman–Crippen MR) is 51.0 cm³/mol. The first-order chi connectivity index (χ1) is 5.59. The Balaban J connectivity index is 0.00000144. The van der Waals surface area contributed by atoms with E-state index < -0.39 is 0 Å². The molecule has 0 amide bonds. The molecule has 0 radical (unpaired) electrons. The first kappa shape index (κ1) is 12.0. The van der Waals surface area contributed by atoms with E-state index in [-0.39, 0.29) is 10.5 Å². The second kappa shape index (κ2) is 4.92. The van der Waals surface area contributed by atoms with Gasteiger partial charge >= 0.3 is 0 Å². The molecule has 0 heterocycles. The van der Waals surface area contributed by atoms with Crippen molar-refractivity contribution in [2.24, 2.45) is 0 Å². The zero-order valence-electron chi connectivity index (χ0n) is 8.17. The highest BCUT2D eigenvalue weighted by atomic mass is 19.1. The Morgan fingerprint density at radius 2 is 1.92 bits per heavy atom. The molecule has 0 N–H and O–H groups in total. The van der Waals surface area contributed by atoms with Crippen LogP contribution in [-0.2, 0) is 6.54 Å². The third-order valence-electron chi connectivity index (χ3n) is 1.80. The number of hydrogen-bond donors (Lipinski definition) is 0. The number of benzene rings is 1. The van der Waals surface area contributed by atoms with Crippen LogP contribution in [0.4, 0.5) is 9.09 Å². The molecule has 13 heavy (non-hydrogen) atoms. The van der Waals surface area contributed by atoms with Crippen molar-refractivity contribution in [2.45, 2.75) is 13.5 Å². The summed E-state index contributed by atoms with van der Waals surface area (Å²) in [7, 11) is 3.95. The molecule has 1 aromatic rings. The van der Waals surface area contributed by atoms with Gasteiger partial charge in [0.25, 0.3) is 0 Å². The maximum atomic E-state index is 12.8. The summed E-state index contributed by atoms with van der Waals surface area (Å²) in [5.74, 6) is -0.155. The lowest BCUT2D eigenvalue weighted by molar-refractivity contribution is 0.400. The average molecular weight is 187 g/mol. The molecule has 1 rings (SSSR count). The molecule has 0 saturated carbocycles. The van der Waals surface area contributed by atoms with Crippen molar-refractivity contribution in [3.63, 3.8) is 0 Å². The predicted octanol–water partition coefficient (Wildman–Crippen LogP) is 2.35. The fourth-order valence-corrected chi connectivity index (χ4v) is 1.15. The van der Waals surface area contributed by atoms with Gasteiger partial charge in [-0.25, -0.2) is 4.39 Å². The summed E-state index contributed by atoms with van der Waals surface area (Å²) >= 11 is 0. The summed E-state index contributed by atoms with van der Waals surface area (Å²) in [5, 5.41) is 0. The average Bonchev–Trinajstić information content (AvgIpc) is 1.96. The molecule has 74 valence electrons. The first-order valence-corrected chi connectivity index (χ1v) is 3.99. The smallest absolute Gasteiger partial charge is 0.123 e. The normalized spacial score (nSPS) is 9.92. The van der Waals surface area contributed by atoms with Gasteiger partial charge in [0.05, 0.1) is 0 Å². The fourth-order valence-electron chi connectivity index (χ4n) is 1.15. The van der Waals surface area contributed by atoms with Crippen LogP contribution in [0.25, 0.3) is 0 Å². The second-order valence-electron chi connectivity index (χ2n) is 3.31. The van der Waals surface area contributed by atoms with Crippen molar-refractivity contribution < 1.29 is 9.09 Å². The van der Waals surface area contributed by atoms with Gasteiger partial charge in [-0.2, -0.15) is 0 Å². The highest BCUT2D eigenvalue weighted by Gasteiger charge is 2.00. The molecular formula is C10H15F2N. The molecule has 0 saturated heterocycles. The molecule has 3 heteroatoms. The van der Waals surface area contributed by atoms with E-state index in [4.69, 9.17) is 0 Å². The molecule has 1 nitrogen and oxygen atoms in total. The van der Waals surface area contributed by atoms with Crippen molar-refractivity contribution in [3.8, 4) is 0 Å². The van der Waals surface area contributed by atoms with Gasteiger partial charge in [-0.1, -0.05) is 6.07 Å². The maximum Gasteiger partial charge on any atom is 0.123 e. The van der Waals surface area contributed by atoms with Crippen molar-refractivity contribution in [1.29, 1.82) is 0 Å². The van der Waals surface area contributed by atoms with Gasteiger partial charge in [0, 0.05) is 6.54 Å².